The zero-order valence-electron chi connectivity index (χ0n) is 10.2. The largest absolute Gasteiger partial charge is 0.392 e. The molecular formula is C15H17NOS. The van der Waals surface area contributed by atoms with Crippen LogP contribution >= 0.6 is 11.8 Å². The van der Waals surface area contributed by atoms with Crippen molar-refractivity contribution in [2.75, 3.05) is 5.75 Å². The molecule has 0 aliphatic carbocycles. The van der Waals surface area contributed by atoms with Crippen molar-refractivity contribution < 1.29 is 5.11 Å². The third-order valence-electron chi connectivity index (χ3n) is 3.56. The summed E-state index contributed by atoms with van der Waals surface area (Å²) in [6.45, 7) is 0. The predicted molar refractivity (Wildman–Crippen MR) is 76.9 cm³/mol. The number of benzene rings is 1. The summed E-state index contributed by atoms with van der Waals surface area (Å²) < 4.78 is 0. The molecule has 18 heavy (non-hydrogen) atoms. The van der Waals surface area contributed by atoms with Gasteiger partial charge in [-0.2, -0.15) is 11.8 Å². The van der Waals surface area contributed by atoms with Crippen LogP contribution in [0, 0.1) is 0 Å². The molecule has 0 bridgehead atoms. The number of pyridine rings is 1. The van der Waals surface area contributed by atoms with Gasteiger partial charge in [0.05, 0.1) is 11.6 Å². The number of rotatable bonds is 3. The van der Waals surface area contributed by atoms with Gasteiger partial charge >= 0.3 is 0 Å². The van der Waals surface area contributed by atoms with Crippen LogP contribution in [0.4, 0.5) is 0 Å². The van der Waals surface area contributed by atoms with E-state index in [1.165, 1.54) is 23.1 Å². The van der Waals surface area contributed by atoms with E-state index < -0.39 is 0 Å². The number of para-hydroxylation sites is 1. The summed E-state index contributed by atoms with van der Waals surface area (Å²) in [6, 6.07) is 10.2. The molecule has 0 spiro atoms. The summed E-state index contributed by atoms with van der Waals surface area (Å²) >= 11 is 1.91. The highest BCUT2D eigenvalue weighted by Gasteiger charge is 2.24. The Bertz CT molecular complexity index is 532. The van der Waals surface area contributed by atoms with E-state index in [0.29, 0.717) is 5.25 Å². The fourth-order valence-electron chi connectivity index (χ4n) is 2.60. The number of thioether (sulfide) groups is 1. The van der Waals surface area contributed by atoms with Crippen LogP contribution in [0.1, 0.15) is 18.4 Å². The van der Waals surface area contributed by atoms with E-state index in [-0.39, 0.29) is 6.10 Å². The molecular weight excluding hydrogens is 242 g/mol. The molecule has 1 saturated heterocycles. The summed E-state index contributed by atoms with van der Waals surface area (Å²) in [6.07, 6.45) is 4.73. The first-order valence-corrected chi connectivity index (χ1v) is 7.52. The molecule has 0 radical (unpaired) electrons. The molecule has 94 valence electrons. The van der Waals surface area contributed by atoms with Crippen LogP contribution in [0.2, 0.25) is 0 Å². The van der Waals surface area contributed by atoms with E-state index in [1.807, 2.05) is 42.2 Å². The van der Waals surface area contributed by atoms with Gasteiger partial charge in [0, 0.05) is 23.3 Å². The highest BCUT2D eigenvalue weighted by molar-refractivity contribution is 8.00. The summed E-state index contributed by atoms with van der Waals surface area (Å²) in [5.41, 5.74) is 2.22. The Kier molecular flexibility index (Phi) is 3.52. The van der Waals surface area contributed by atoms with E-state index in [1.54, 1.807) is 0 Å². The minimum atomic E-state index is -0.233. The van der Waals surface area contributed by atoms with Gasteiger partial charge in [-0.3, -0.25) is 4.98 Å². The van der Waals surface area contributed by atoms with Crippen LogP contribution in [0.3, 0.4) is 0 Å². The Labute approximate surface area is 111 Å². The number of nitrogens with zero attached hydrogens (tertiary/aromatic N) is 1. The molecule has 3 heteroatoms. The molecule has 1 fully saturated rings. The maximum atomic E-state index is 10.3. The minimum absolute atomic E-state index is 0.233. The van der Waals surface area contributed by atoms with E-state index in [9.17, 15) is 5.11 Å². The average molecular weight is 259 g/mol. The van der Waals surface area contributed by atoms with Crippen LogP contribution in [0.15, 0.2) is 36.5 Å². The van der Waals surface area contributed by atoms with Crippen molar-refractivity contribution in [1.82, 2.24) is 4.98 Å². The molecule has 0 saturated carbocycles. The van der Waals surface area contributed by atoms with Crippen molar-refractivity contribution in [3.63, 3.8) is 0 Å². The average Bonchev–Trinajstić information content (AvgIpc) is 2.93. The summed E-state index contributed by atoms with van der Waals surface area (Å²) in [4.78, 5) is 4.36. The van der Waals surface area contributed by atoms with Crippen molar-refractivity contribution in [3.8, 4) is 0 Å². The number of hydrogen-bond acceptors (Lipinski definition) is 3. The number of fused-ring (bicyclic) bond motifs is 1. The maximum Gasteiger partial charge on any atom is 0.0704 e. The summed E-state index contributed by atoms with van der Waals surface area (Å²) in [5, 5.41) is 11.9. The van der Waals surface area contributed by atoms with E-state index in [4.69, 9.17) is 0 Å². The molecule has 2 nitrogen and oxygen atoms in total. The first kappa shape index (κ1) is 12.0. The Morgan fingerprint density at radius 1 is 1.33 bits per heavy atom. The maximum absolute atomic E-state index is 10.3. The fraction of sp³-hybridized carbons (Fsp3) is 0.400. The molecule has 2 atom stereocenters. The van der Waals surface area contributed by atoms with Crippen molar-refractivity contribution >= 4 is 22.7 Å². The van der Waals surface area contributed by atoms with Gasteiger partial charge in [0.25, 0.3) is 0 Å². The van der Waals surface area contributed by atoms with Crippen molar-refractivity contribution in [1.29, 1.82) is 0 Å². The number of hydrogen-bond donors (Lipinski definition) is 1. The number of aliphatic hydroxyl groups excluding tert-OH is 1. The van der Waals surface area contributed by atoms with Crippen LogP contribution < -0.4 is 0 Å². The van der Waals surface area contributed by atoms with Crippen molar-refractivity contribution in [3.05, 3.63) is 42.1 Å². The van der Waals surface area contributed by atoms with Gasteiger partial charge in [-0.05, 0) is 36.3 Å². The van der Waals surface area contributed by atoms with Gasteiger partial charge in [-0.15, -0.1) is 0 Å². The molecule has 1 N–H and O–H groups in total. The Morgan fingerprint density at radius 2 is 2.22 bits per heavy atom. The second-order valence-electron chi connectivity index (χ2n) is 4.81. The van der Waals surface area contributed by atoms with Gasteiger partial charge < -0.3 is 5.11 Å². The van der Waals surface area contributed by atoms with Gasteiger partial charge in [0.2, 0.25) is 0 Å². The molecule has 1 aliphatic heterocycles. The smallest absolute Gasteiger partial charge is 0.0704 e. The third kappa shape index (κ3) is 2.38. The van der Waals surface area contributed by atoms with Gasteiger partial charge in [0.1, 0.15) is 0 Å². The number of aromatic nitrogens is 1. The zero-order valence-corrected chi connectivity index (χ0v) is 11.1. The molecule has 3 rings (SSSR count). The van der Waals surface area contributed by atoms with Crippen LogP contribution in [-0.2, 0) is 6.42 Å². The van der Waals surface area contributed by atoms with Crippen molar-refractivity contribution in [2.24, 2.45) is 0 Å². The Balaban J connectivity index is 1.85. The van der Waals surface area contributed by atoms with Crippen LogP contribution in [0.5, 0.6) is 0 Å². The quantitative estimate of drug-likeness (QED) is 0.919. The van der Waals surface area contributed by atoms with E-state index in [2.05, 4.69) is 11.1 Å². The molecule has 0 amide bonds. The second-order valence-corrected chi connectivity index (χ2v) is 6.16. The zero-order chi connectivity index (χ0) is 12.4. The monoisotopic (exact) mass is 259 g/mol. The minimum Gasteiger partial charge on any atom is -0.392 e. The highest BCUT2D eigenvalue weighted by Crippen LogP contribution is 2.30. The normalized spacial score (nSPS) is 21.3. The first-order chi connectivity index (χ1) is 8.84. The SMILES string of the molecule is OC(Cc1ccnc2ccccc12)C1CCCS1. The lowest BCUT2D eigenvalue weighted by Crippen LogP contribution is -2.23. The molecule has 2 unspecified atom stereocenters. The second kappa shape index (κ2) is 5.29. The van der Waals surface area contributed by atoms with Crippen molar-refractivity contribution in [2.45, 2.75) is 30.6 Å². The molecule has 2 aromatic rings. The fourth-order valence-corrected chi connectivity index (χ4v) is 3.88. The van der Waals surface area contributed by atoms with E-state index in [0.717, 1.165) is 18.4 Å². The molecule has 1 aromatic heterocycles. The first-order valence-electron chi connectivity index (χ1n) is 6.47. The Morgan fingerprint density at radius 3 is 3.06 bits per heavy atom. The lowest BCUT2D eigenvalue weighted by atomic mass is 10.0. The standard InChI is InChI=1S/C15H17NOS/c17-14(15-6-3-9-18-15)10-11-7-8-16-13-5-2-1-4-12(11)13/h1-2,4-5,7-8,14-15,17H,3,6,9-10H2. The molecule has 1 aromatic carbocycles. The number of aliphatic hydroxyl groups is 1. The predicted octanol–water partition coefficient (Wildman–Crippen LogP) is 3.03. The Hall–Kier alpha value is -1.06. The molecule has 1 aliphatic rings. The summed E-state index contributed by atoms with van der Waals surface area (Å²) in [5.74, 6) is 1.19. The summed E-state index contributed by atoms with van der Waals surface area (Å²) in [7, 11) is 0. The van der Waals surface area contributed by atoms with Gasteiger partial charge in [0.15, 0.2) is 0 Å². The van der Waals surface area contributed by atoms with Crippen LogP contribution in [-0.4, -0.2) is 27.2 Å². The molecule has 2 heterocycles. The van der Waals surface area contributed by atoms with Gasteiger partial charge in [-0.1, -0.05) is 18.2 Å². The van der Waals surface area contributed by atoms with E-state index >= 15 is 0 Å². The lowest BCUT2D eigenvalue weighted by Gasteiger charge is -2.17. The highest BCUT2D eigenvalue weighted by atomic mass is 32.2. The lowest BCUT2D eigenvalue weighted by molar-refractivity contribution is 0.170. The van der Waals surface area contributed by atoms with Crippen LogP contribution in [0.25, 0.3) is 10.9 Å². The topological polar surface area (TPSA) is 33.1 Å². The third-order valence-corrected chi connectivity index (χ3v) is 5.06. The van der Waals surface area contributed by atoms with Gasteiger partial charge in [-0.25, -0.2) is 0 Å².